The van der Waals surface area contributed by atoms with Crippen LogP contribution in [-0.4, -0.2) is 132 Å². The predicted octanol–water partition coefficient (Wildman–Crippen LogP) is 7.56. The number of carboxylic acid groups (broad SMARTS) is 2. The van der Waals surface area contributed by atoms with Gasteiger partial charge in [0.25, 0.3) is 30.4 Å². The number of aliphatic carboxylic acids is 2. The summed E-state index contributed by atoms with van der Waals surface area (Å²) in [5.74, 6) is -3.41. The van der Waals surface area contributed by atoms with E-state index in [1.54, 1.807) is 0 Å². The highest BCUT2D eigenvalue weighted by Crippen LogP contribution is 2.51. The van der Waals surface area contributed by atoms with Crippen molar-refractivity contribution in [1.29, 1.82) is 0 Å². The number of nitrogens with zero attached hydrogens (tertiary/aromatic N) is 2. The number of benzene rings is 3. The Kier molecular flexibility index (Phi) is 22.0. The smallest absolute Gasteiger partial charge is 0.326 e. The van der Waals surface area contributed by atoms with Crippen molar-refractivity contribution in [2.75, 3.05) is 36.0 Å². The van der Waals surface area contributed by atoms with E-state index in [1.807, 2.05) is 89.2 Å². The van der Waals surface area contributed by atoms with Gasteiger partial charge in [-0.15, -0.1) is 0 Å². The number of anilines is 1. The van der Waals surface area contributed by atoms with E-state index in [2.05, 4.69) is 29.8 Å². The molecule has 450 valence electrons. The van der Waals surface area contributed by atoms with Gasteiger partial charge in [-0.1, -0.05) is 42.5 Å². The number of rotatable bonds is 30. The molecule has 2 aliphatic heterocycles. The number of nitrogens with one attached hydrogen (secondary N) is 3. The topological polar surface area (TPSA) is 340 Å². The molecule has 0 spiro atoms. The molecule has 0 aromatic heterocycles. The van der Waals surface area contributed by atoms with Gasteiger partial charge in [-0.3, -0.25) is 28.0 Å². The van der Waals surface area contributed by atoms with Crippen LogP contribution in [0, 0.1) is 0 Å². The van der Waals surface area contributed by atoms with E-state index >= 15 is 0 Å². The number of ether oxygens (including phenoxy) is 1. The molecule has 3 atom stereocenters. The summed E-state index contributed by atoms with van der Waals surface area (Å²) in [4.78, 5) is 62.5. The number of carbonyl (C=O) groups excluding carboxylic acids is 3. The van der Waals surface area contributed by atoms with Crippen LogP contribution in [0.15, 0.2) is 125 Å². The molecule has 25 heteroatoms. The van der Waals surface area contributed by atoms with E-state index in [0.717, 1.165) is 45.1 Å². The third-order valence-corrected chi connectivity index (χ3v) is 17.6. The second-order valence-electron chi connectivity index (χ2n) is 21.6. The Bertz CT molecular complexity index is 3440. The third-order valence-electron chi connectivity index (χ3n) is 15.1. The summed E-state index contributed by atoms with van der Waals surface area (Å²) in [7, 11) is -13.1. The first-order valence-electron chi connectivity index (χ1n) is 27.4. The number of carbonyl (C=O) groups is 5. The van der Waals surface area contributed by atoms with Gasteiger partial charge in [0.15, 0.2) is 11.5 Å². The Morgan fingerprint density at radius 3 is 2.04 bits per heavy atom. The number of hydrogen-bond donors (Lipinski definition) is 8. The Labute approximate surface area is 484 Å². The van der Waals surface area contributed by atoms with Gasteiger partial charge in [-0.05, 0) is 151 Å². The molecule has 3 aromatic rings. The third kappa shape index (κ3) is 18.0. The fourth-order valence-corrected chi connectivity index (χ4v) is 12.3. The second kappa shape index (κ2) is 28.0. The van der Waals surface area contributed by atoms with Crippen molar-refractivity contribution in [2.24, 2.45) is 0 Å². The molecule has 0 bridgehead atoms. The summed E-state index contributed by atoms with van der Waals surface area (Å²) in [6.07, 6.45) is 10.9. The maximum atomic E-state index is 13.3. The van der Waals surface area contributed by atoms with Crippen LogP contribution in [-0.2, 0) is 60.4 Å². The summed E-state index contributed by atoms with van der Waals surface area (Å²) in [6, 6.07) is 17.4. The van der Waals surface area contributed by atoms with Crippen LogP contribution in [0.1, 0.15) is 122 Å². The molecule has 1 aliphatic carbocycles. The van der Waals surface area contributed by atoms with Gasteiger partial charge in [-0.2, -0.15) is 29.8 Å². The molecular formula is C58H74N5O17S3+. The lowest BCUT2D eigenvalue weighted by molar-refractivity contribution is -0.437. The fourth-order valence-electron chi connectivity index (χ4n) is 10.9. The molecule has 0 saturated carbocycles. The van der Waals surface area contributed by atoms with Crippen LogP contribution >= 0.6 is 0 Å². The van der Waals surface area contributed by atoms with Crippen LogP contribution in [0.3, 0.4) is 0 Å². The zero-order chi connectivity index (χ0) is 60.9. The number of unbranched alkanes of at least 4 members (excludes halogenated alkanes) is 1. The van der Waals surface area contributed by atoms with Crippen LogP contribution in [0.25, 0.3) is 0 Å². The molecular weight excluding hydrogens is 1130 g/mol. The van der Waals surface area contributed by atoms with E-state index in [9.17, 15) is 68.0 Å². The largest absolute Gasteiger partial charge is 0.481 e. The van der Waals surface area contributed by atoms with Crippen molar-refractivity contribution in [1.82, 2.24) is 16.0 Å². The number of para-hydroxylation sites is 2. The maximum absolute atomic E-state index is 13.3. The van der Waals surface area contributed by atoms with Crippen LogP contribution in [0.5, 0.6) is 5.75 Å². The average Bonchev–Trinajstić information content (AvgIpc) is 2.19. The summed E-state index contributed by atoms with van der Waals surface area (Å²) in [6.45, 7) is 8.06. The van der Waals surface area contributed by atoms with E-state index in [-0.39, 0.29) is 68.2 Å². The molecule has 2 heterocycles. The zero-order valence-corrected chi connectivity index (χ0v) is 49.3. The number of carboxylic acids is 2. The SMILES string of the molecule is CC(=O)[C@H](CCC(=O)O)NC(=O)N[C@@H](CCCCNC(=O)CCCC1(C)/C(=C\C=C2/CCCC(/C=C/C3=[N+](CCCS(=O)(=O)O)c4ccccc4C3(C)C)=C2Oc2ccc(S(=O)(=O)O)cc2)N(CCCS(=O)(=O)O)c2ccccc21)C(=O)O. The monoisotopic (exact) mass is 1210 g/mol. The molecule has 3 amide bonds. The first kappa shape index (κ1) is 65.1. The number of Topliss-reactive ketones (excluding diaryl/α,β-unsaturated/α-hetero) is 1. The Balaban J connectivity index is 1.28. The summed E-state index contributed by atoms with van der Waals surface area (Å²) >= 11 is 0. The quantitative estimate of drug-likeness (QED) is 0.0181. The molecule has 3 aliphatic rings. The molecule has 22 nitrogen and oxygen atoms in total. The fraction of sp³-hybridized carbons (Fsp3) is 0.448. The van der Waals surface area contributed by atoms with E-state index in [1.165, 1.54) is 31.2 Å². The molecule has 1 unspecified atom stereocenters. The first-order chi connectivity index (χ1) is 39.0. The maximum Gasteiger partial charge on any atom is 0.326 e. The minimum Gasteiger partial charge on any atom is -0.481 e. The second-order valence-corrected chi connectivity index (χ2v) is 26.2. The van der Waals surface area contributed by atoms with Crippen molar-refractivity contribution in [3.63, 3.8) is 0 Å². The van der Waals surface area contributed by atoms with Crippen LogP contribution < -0.4 is 25.6 Å². The standard InChI is InChI=1S/C58H73N5O17S3/c1-39(64)46(29-32-53(66)67)60-56(70)61-47(55(68)69)19-9-10-34-59-52(65)22-12-33-58(4)45-18-6-8-21-49(45)63(36-14-38-82(74,75)76)51(58)31-24-41-16-11-15-40(54(41)80-42-25-27-43(28-26-42)83(77,78)79)23-30-50-57(2,3)44-17-5-7-20-48(44)62(50)35-13-37-81(71,72)73/h5-8,17-18,20-21,23-28,30-31,46-47H,9-16,19,22,29,32-38H2,1-4H3,(H7-,59,60,61,65,66,67,68,69,70,71,72,73,74,75,76,77,78,79)/p+1/t46-,47-,58?/m0/s1. The van der Waals surface area contributed by atoms with Crippen molar-refractivity contribution in [2.45, 2.75) is 139 Å². The first-order valence-corrected chi connectivity index (χ1v) is 32.0. The van der Waals surface area contributed by atoms with Crippen LogP contribution in [0.2, 0.25) is 0 Å². The Morgan fingerprint density at radius 1 is 0.735 bits per heavy atom. The van der Waals surface area contributed by atoms with Gasteiger partial charge < -0.3 is 35.8 Å². The van der Waals surface area contributed by atoms with Gasteiger partial charge in [0.05, 0.1) is 27.9 Å². The lowest BCUT2D eigenvalue weighted by atomic mass is 9.77. The van der Waals surface area contributed by atoms with Gasteiger partial charge >= 0.3 is 18.0 Å². The zero-order valence-electron chi connectivity index (χ0n) is 46.9. The van der Waals surface area contributed by atoms with Gasteiger partial charge in [0.2, 0.25) is 11.6 Å². The summed E-state index contributed by atoms with van der Waals surface area (Å²) in [5, 5.41) is 26.2. The molecule has 0 saturated heterocycles. The van der Waals surface area contributed by atoms with Crippen molar-refractivity contribution in [3.8, 4) is 5.75 Å². The highest BCUT2D eigenvalue weighted by atomic mass is 32.2. The number of hydrogen-bond acceptors (Lipinski definition) is 13. The van der Waals surface area contributed by atoms with E-state index in [4.69, 9.17) is 9.84 Å². The van der Waals surface area contributed by atoms with Crippen molar-refractivity contribution >= 4 is 77.1 Å². The summed E-state index contributed by atoms with van der Waals surface area (Å²) in [5.41, 5.74) is 5.52. The molecule has 3 aromatic carbocycles. The lowest BCUT2D eigenvalue weighted by Crippen LogP contribution is -2.50. The predicted molar refractivity (Wildman–Crippen MR) is 311 cm³/mol. The molecule has 8 N–H and O–H groups in total. The van der Waals surface area contributed by atoms with Crippen LogP contribution in [0.4, 0.5) is 16.2 Å². The van der Waals surface area contributed by atoms with Crippen molar-refractivity contribution < 1.29 is 82.4 Å². The molecule has 0 fully saturated rings. The molecule has 0 radical (unpaired) electrons. The van der Waals surface area contributed by atoms with E-state index in [0.29, 0.717) is 57.2 Å². The summed E-state index contributed by atoms with van der Waals surface area (Å²) < 4.78 is 109. The highest BCUT2D eigenvalue weighted by molar-refractivity contribution is 7.86. The number of fused-ring (bicyclic) bond motifs is 2. The lowest BCUT2D eigenvalue weighted by Gasteiger charge is -2.31. The number of amides is 3. The Hall–Kier alpha value is -7.03. The molecule has 83 heavy (non-hydrogen) atoms. The molecule has 6 rings (SSSR count). The van der Waals surface area contributed by atoms with Gasteiger partial charge in [0, 0.05) is 66.9 Å². The van der Waals surface area contributed by atoms with Gasteiger partial charge in [0.1, 0.15) is 24.1 Å². The average molecular weight is 1210 g/mol. The number of urea groups is 1. The number of allylic oxidation sites excluding steroid dienone is 7. The van der Waals surface area contributed by atoms with Crippen molar-refractivity contribution in [3.05, 3.63) is 131 Å². The minimum absolute atomic E-state index is 0.00369. The normalized spacial score (nSPS) is 18.7. The number of ketones is 1. The Morgan fingerprint density at radius 2 is 1.39 bits per heavy atom. The van der Waals surface area contributed by atoms with Gasteiger partial charge in [-0.25, -0.2) is 9.59 Å². The van der Waals surface area contributed by atoms with E-state index < -0.39 is 88.5 Å². The highest BCUT2D eigenvalue weighted by Gasteiger charge is 2.45. The minimum atomic E-state index is -4.53.